The van der Waals surface area contributed by atoms with Gasteiger partial charge in [0.05, 0.1) is 34.9 Å². The number of piperazine rings is 2. The van der Waals surface area contributed by atoms with Gasteiger partial charge in [-0.05, 0) is 69.8 Å². The Labute approximate surface area is 324 Å². The first-order valence-corrected chi connectivity index (χ1v) is 19.7. The van der Waals surface area contributed by atoms with Gasteiger partial charge in [0.1, 0.15) is 34.9 Å². The van der Waals surface area contributed by atoms with Crippen LogP contribution in [0.4, 0.5) is 11.5 Å². The molecule has 2 fully saturated rings. The lowest BCUT2D eigenvalue weighted by atomic mass is 9.85. The summed E-state index contributed by atoms with van der Waals surface area (Å²) in [7, 11) is 4.21. The van der Waals surface area contributed by atoms with Gasteiger partial charge in [0.2, 0.25) is 11.8 Å². The third kappa shape index (κ3) is 7.04. The largest absolute Gasteiger partial charge is 0.343 e. The quantitative estimate of drug-likeness (QED) is 0.231. The van der Waals surface area contributed by atoms with Crippen LogP contribution >= 0.6 is 11.6 Å². The second kappa shape index (κ2) is 14.9. The number of nitrogens with zero attached hydrogens (tertiary/aromatic N) is 10. The van der Waals surface area contributed by atoms with Crippen LogP contribution in [0.15, 0.2) is 29.9 Å². The summed E-state index contributed by atoms with van der Waals surface area (Å²) in [4.78, 5) is 67.6. The smallest absolute Gasteiger partial charge is 0.226 e. The van der Waals surface area contributed by atoms with E-state index >= 15 is 0 Å². The minimum absolute atomic E-state index is 0.0100. The van der Waals surface area contributed by atoms with E-state index in [2.05, 4.69) is 69.1 Å². The predicted molar refractivity (Wildman–Crippen MR) is 211 cm³/mol. The van der Waals surface area contributed by atoms with E-state index in [-0.39, 0.29) is 23.7 Å². The molecule has 5 aromatic heterocycles. The summed E-state index contributed by atoms with van der Waals surface area (Å²) in [5.41, 5.74) is 9.12. The number of rotatable bonds is 4. The monoisotopic (exact) mass is 763 g/mol. The average molecular weight is 764 g/mol. The fourth-order valence-electron chi connectivity index (χ4n) is 8.72. The number of carbonyl (C=O) groups excluding carboxylic acids is 2. The van der Waals surface area contributed by atoms with Crippen molar-refractivity contribution in [2.24, 2.45) is 16.8 Å². The number of likely N-dealkylation sites (N-methyl/N-ethyl adjacent to an activating group) is 2. The van der Waals surface area contributed by atoms with Crippen LogP contribution in [0.3, 0.4) is 0 Å². The Morgan fingerprint density at radius 2 is 1.31 bits per heavy atom. The van der Waals surface area contributed by atoms with E-state index in [0.717, 1.165) is 153 Å². The zero-order valence-corrected chi connectivity index (χ0v) is 32.1. The molecule has 55 heavy (non-hydrogen) atoms. The molecule has 0 aromatic carbocycles. The first-order chi connectivity index (χ1) is 26.8. The van der Waals surface area contributed by atoms with Crippen molar-refractivity contribution in [3.63, 3.8) is 0 Å². The van der Waals surface area contributed by atoms with Crippen molar-refractivity contribution in [2.45, 2.75) is 45.1 Å². The lowest BCUT2D eigenvalue weighted by Crippen LogP contribution is -2.49. The van der Waals surface area contributed by atoms with Crippen molar-refractivity contribution in [3.05, 3.63) is 63.8 Å². The van der Waals surface area contributed by atoms with Gasteiger partial charge in [-0.15, -0.1) is 0 Å². The second-order valence-corrected chi connectivity index (χ2v) is 15.8. The second-order valence-electron chi connectivity index (χ2n) is 15.5. The topological polar surface area (TPSA) is 168 Å². The summed E-state index contributed by atoms with van der Waals surface area (Å²) >= 11 is 6.26. The number of aliphatic imine (C=N–C) groups is 1. The third-order valence-electron chi connectivity index (χ3n) is 12.0. The number of nitrogens with one attached hydrogen (secondary N) is 3. The van der Waals surface area contributed by atoms with Crippen molar-refractivity contribution in [3.8, 4) is 0 Å². The molecule has 2 unspecified atom stereocenters. The number of hydrogen-bond donors (Lipinski definition) is 3. The fourth-order valence-corrected chi connectivity index (χ4v) is 8.97. The van der Waals surface area contributed by atoms with Crippen molar-refractivity contribution in [1.29, 1.82) is 0 Å². The number of carbonyl (C=O) groups is 2. The van der Waals surface area contributed by atoms with Crippen molar-refractivity contribution < 1.29 is 9.59 Å². The molecule has 16 heteroatoms. The maximum Gasteiger partial charge on any atom is 0.226 e. The summed E-state index contributed by atoms with van der Waals surface area (Å²) in [6.45, 7) is 7.73. The van der Waals surface area contributed by atoms with Crippen LogP contribution in [0, 0.1) is 11.8 Å². The number of H-pyrrole nitrogens is 2. The number of aromatic amines is 2. The molecule has 0 spiro atoms. The SMILES string of the molecule is CN1CCN(C(=O)C2CCc3[nH]c4ncnc(Cl)c4c3C2)CC1.CN1CCN(C(=O)C2CCc3[nH]c4ncnc(Nc5cnc6c(c5)C=NC6)c4c3C2)CC1. The maximum absolute atomic E-state index is 13.2. The predicted octanol–water partition coefficient (Wildman–Crippen LogP) is 3.40. The number of amides is 2. The van der Waals surface area contributed by atoms with Crippen LogP contribution in [0.1, 0.15) is 46.6 Å². The molecule has 15 nitrogen and oxygen atoms in total. The van der Waals surface area contributed by atoms with Gasteiger partial charge in [-0.1, -0.05) is 11.6 Å². The average Bonchev–Trinajstić information content (AvgIpc) is 3.93. The van der Waals surface area contributed by atoms with Crippen LogP contribution in [-0.4, -0.2) is 139 Å². The van der Waals surface area contributed by atoms with E-state index in [0.29, 0.717) is 11.7 Å². The normalized spacial score (nSPS) is 21.2. The number of pyridine rings is 1. The Kier molecular flexibility index (Phi) is 9.68. The zero-order chi connectivity index (χ0) is 37.6. The molecule has 0 bridgehead atoms. The van der Waals surface area contributed by atoms with E-state index in [1.807, 2.05) is 28.3 Å². The number of anilines is 2. The molecule has 2 aliphatic carbocycles. The summed E-state index contributed by atoms with van der Waals surface area (Å²) in [5.74, 6) is 1.37. The molecule has 286 valence electrons. The minimum atomic E-state index is 0.0100. The molecule has 2 atom stereocenters. The number of halogens is 1. The molecule has 5 aromatic rings. The lowest BCUT2D eigenvalue weighted by molar-refractivity contribution is -0.138. The summed E-state index contributed by atoms with van der Waals surface area (Å²) in [6.07, 6.45) is 11.6. The van der Waals surface area contributed by atoms with Gasteiger partial charge in [0.25, 0.3) is 0 Å². The molecule has 5 aliphatic rings. The molecule has 3 N–H and O–H groups in total. The molecular formula is C39H46ClN13O2. The highest BCUT2D eigenvalue weighted by Gasteiger charge is 2.34. The number of aryl methyl sites for hydroxylation is 2. The van der Waals surface area contributed by atoms with E-state index in [9.17, 15) is 9.59 Å². The number of aromatic nitrogens is 7. The Morgan fingerprint density at radius 3 is 1.93 bits per heavy atom. The van der Waals surface area contributed by atoms with Gasteiger partial charge in [-0.25, -0.2) is 19.9 Å². The fraction of sp³-hybridized carbons (Fsp3) is 0.487. The first-order valence-electron chi connectivity index (χ1n) is 19.3. The lowest BCUT2D eigenvalue weighted by Gasteiger charge is -2.35. The van der Waals surface area contributed by atoms with E-state index in [4.69, 9.17) is 11.6 Å². The van der Waals surface area contributed by atoms with Gasteiger partial charge in [-0.2, -0.15) is 0 Å². The minimum Gasteiger partial charge on any atom is -0.343 e. The molecule has 8 heterocycles. The van der Waals surface area contributed by atoms with Crippen molar-refractivity contribution in [1.82, 2.24) is 54.5 Å². The van der Waals surface area contributed by atoms with Gasteiger partial charge in [0, 0.05) is 87.4 Å². The van der Waals surface area contributed by atoms with Gasteiger partial charge < -0.3 is 34.9 Å². The number of hydrogen-bond acceptors (Lipinski definition) is 11. The van der Waals surface area contributed by atoms with E-state index < -0.39 is 0 Å². The Bertz CT molecular complexity index is 2290. The highest BCUT2D eigenvalue weighted by molar-refractivity contribution is 6.34. The summed E-state index contributed by atoms with van der Waals surface area (Å²) in [5, 5.41) is 5.77. The van der Waals surface area contributed by atoms with E-state index in [1.54, 1.807) is 6.33 Å². The highest BCUT2D eigenvalue weighted by atomic mass is 35.5. The Balaban J connectivity index is 0.000000153. The Morgan fingerprint density at radius 1 is 0.745 bits per heavy atom. The van der Waals surface area contributed by atoms with Crippen LogP contribution < -0.4 is 5.32 Å². The van der Waals surface area contributed by atoms with Crippen molar-refractivity contribution in [2.75, 3.05) is 71.8 Å². The maximum atomic E-state index is 13.2. The van der Waals surface area contributed by atoms with Gasteiger partial charge in [0.15, 0.2) is 0 Å². The third-order valence-corrected chi connectivity index (χ3v) is 12.3. The standard InChI is InChI=1S/C23H26N8O.C16H20ClN5O/c1-30-4-6-31(7-5-30)23(32)14-2-3-18-17(9-14)20-21(26-13-27-22(20)29-18)28-16-8-15-10-24-12-19(15)25-11-16;1-21-4-6-22(7-5-21)16(23)10-2-3-12-11(8-10)13-14(17)18-9-19-15(13)20-12/h8,10-11,13-14H,2-7,9,12H2,1H3,(H2,26,27,28,29);9-10H,2-8H2,1H3,(H,18,19,20). The summed E-state index contributed by atoms with van der Waals surface area (Å²) in [6, 6.07) is 2.05. The van der Waals surface area contributed by atoms with Crippen molar-refractivity contribution >= 4 is 63.2 Å². The van der Waals surface area contributed by atoms with Crippen LogP contribution in [0.25, 0.3) is 22.1 Å². The van der Waals surface area contributed by atoms with Gasteiger partial charge in [-0.3, -0.25) is 19.6 Å². The molecule has 2 amide bonds. The van der Waals surface area contributed by atoms with E-state index in [1.165, 1.54) is 12.0 Å². The van der Waals surface area contributed by atoms with Crippen LogP contribution in [-0.2, 0) is 41.8 Å². The molecule has 3 aliphatic heterocycles. The molecule has 0 saturated carbocycles. The van der Waals surface area contributed by atoms with Crippen LogP contribution in [0.5, 0.6) is 0 Å². The summed E-state index contributed by atoms with van der Waals surface area (Å²) < 4.78 is 0. The van der Waals surface area contributed by atoms with Crippen LogP contribution in [0.2, 0.25) is 5.15 Å². The molecule has 2 saturated heterocycles. The van der Waals surface area contributed by atoms with Gasteiger partial charge >= 0.3 is 0 Å². The first kappa shape index (κ1) is 35.7. The molecule has 0 radical (unpaired) electrons. The molecular weight excluding hydrogens is 718 g/mol. The Hall–Kier alpha value is -4.99. The molecule has 10 rings (SSSR count). The highest BCUT2D eigenvalue weighted by Crippen LogP contribution is 2.37. The number of fused-ring (bicyclic) bond motifs is 7. The zero-order valence-electron chi connectivity index (χ0n) is 31.3.